The SMILES string of the molecule is CCNCCCCS(=O)(=O)NC1CCCC(SC)C1. The Morgan fingerprint density at radius 1 is 1.26 bits per heavy atom. The van der Waals surface area contributed by atoms with Gasteiger partial charge in [-0.2, -0.15) is 11.8 Å². The molecule has 0 aromatic carbocycles. The molecule has 2 unspecified atom stereocenters. The lowest BCUT2D eigenvalue weighted by atomic mass is 9.96. The minimum atomic E-state index is -3.09. The minimum Gasteiger partial charge on any atom is -0.317 e. The van der Waals surface area contributed by atoms with Gasteiger partial charge in [0.05, 0.1) is 5.75 Å². The van der Waals surface area contributed by atoms with Crippen LogP contribution in [0.1, 0.15) is 45.4 Å². The van der Waals surface area contributed by atoms with Crippen molar-refractivity contribution in [2.75, 3.05) is 25.1 Å². The van der Waals surface area contributed by atoms with Crippen molar-refractivity contribution < 1.29 is 8.42 Å². The third kappa shape index (κ3) is 7.54. The van der Waals surface area contributed by atoms with E-state index in [0.29, 0.717) is 5.25 Å². The monoisotopic (exact) mass is 308 g/mol. The van der Waals surface area contributed by atoms with Gasteiger partial charge in [0.1, 0.15) is 0 Å². The van der Waals surface area contributed by atoms with Crippen LogP contribution in [0.15, 0.2) is 0 Å². The first-order valence-corrected chi connectivity index (χ1v) is 10.2. The van der Waals surface area contributed by atoms with Gasteiger partial charge in [0.25, 0.3) is 0 Å². The standard InChI is InChI=1S/C13H28N2O2S2/c1-3-14-9-4-5-10-19(16,17)15-12-7-6-8-13(11-12)18-2/h12-15H,3-11H2,1-2H3. The van der Waals surface area contributed by atoms with Gasteiger partial charge < -0.3 is 5.32 Å². The molecule has 0 saturated heterocycles. The molecule has 19 heavy (non-hydrogen) atoms. The topological polar surface area (TPSA) is 58.2 Å². The summed E-state index contributed by atoms with van der Waals surface area (Å²) in [5.74, 6) is 0.263. The fourth-order valence-electron chi connectivity index (χ4n) is 2.50. The third-order valence-corrected chi connectivity index (χ3v) is 6.19. The molecule has 1 fully saturated rings. The van der Waals surface area contributed by atoms with E-state index in [4.69, 9.17) is 0 Å². The number of nitrogens with one attached hydrogen (secondary N) is 2. The second kappa shape index (κ2) is 9.21. The van der Waals surface area contributed by atoms with Gasteiger partial charge in [0.15, 0.2) is 0 Å². The molecule has 4 nitrogen and oxygen atoms in total. The van der Waals surface area contributed by atoms with E-state index in [1.165, 1.54) is 6.42 Å². The molecule has 6 heteroatoms. The number of hydrogen-bond donors (Lipinski definition) is 2. The van der Waals surface area contributed by atoms with Crippen LogP contribution in [-0.2, 0) is 10.0 Å². The van der Waals surface area contributed by atoms with E-state index in [1.807, 2.05) is 11.8 Å². The van der Waals surface area contributed by atoms with Gasteiger partial charge >= 0.3 is 0 Å². The number of thioether (sulfide) groups is 1. The predicted octanol–water partition coefficient (Wildman–Crippen LogP) is 1.97. The molecule has 114 valence electrons. The van der Waals surface area contributed by atoms with E-state index in [-0.39, 0.29) is 11.8 Å². The van der Waals surface area contributed by atoms with Crippen LogP contribution in [0.3, 0.4) is 0 Å². The predicted molar refractivity (Wildman–Crippen MR) is 84.3 cm³/mol. The smallest absolute Gasteiger partial charge is 0.211 e. The first kappa shape index (κ1) is 17.3. The molecule has 2 N–H and O–H groups in total. The Bertz CT molecular complexity index is 334. The van der Waals surface area contributed by atoms with E-state index in [9.17, 15) is 8.42 Å². The lowest BCUT2D eigenvalue weighted by molar-refractivity contribution is 0.420. The molecule has 0 heterocycles. The van der Waals surface area contributed by atoms with Gasteiger partial charge in [0, 0.05) is 11.3 Å². The molecule has 0 aliphatic heterocycles. The second-order valence-corrected chi connectivity index (χ2v) is 8.23. The Labute approximate surface area is 122 Å². The van der Waals surface area contributed by atoms with E-state index in [1.54, 1.807) is 0 Å². The highest BCUT2D eigenvalue weighted by Gasteiger charge is 2.24. The maximum Gasteiger partial charge on any atom is 0.211 e. The molecule has 0 aromatic heterocycles. The fraction of sp³-hybridized carbons (Fsp3) is 1.00. The Morgan fingerprint density at radius 2 is 2.05 bits per heavy atom. The zero-order valence-corrected chi connectivity index (χ0v) is 13.8. The lowest BCUT2D eigenvalue weighted by Gasteiger charge is -2.28. The molecule has 0 radical (unpaired) electrons. The normalized spacial score (nSPS) is 24.5. The van der Waals surface area contributed by atoms with Gasteiger partial charge in [0.2, 0.25) is 10.0 Å². The molecule has 0 bridgehead atoms. The number of sulfonamides is 1. The molecule has 1 aliphatic rings. The maximum atomic E-state index is 12.0. The Hall–Kier alpha value is 0.220. The molecule has 2 atom stereocenters. The van der Waals surface area contributed by atoms with Crippen molar-refractivity contribution in [3.05, 3.63) is 0 Å². The average Bonchev–Trinajstić information content (AvgIpc) is 2.38. The van der Waals surface area contributed by atoms with Crippen LogP contribution in [0, 0.1) is 0 Å². The van der Waals surface area contributed by atoms with Crippen molar-refractivity contribution in [1.82, 2.24) is 10.0 Å². The van der Waals surface area contributed by atoms with Gasteiger partial charge in [-0.05, 0) is 51.4 Å². The number of hydrogen-bond acceptors (Lipinski definition) is 4. The first-order valence-electron chi connectivity index (χ1n) is 7.31. The third-order valence-electron chi connectivity index (χ3n) is 3.57. The van der Waals surface area contributed by atoms with E-state index < -0.39 is 10.0 Å². The minimum absolute atomic E-state index is 0.157. The molecule has 0 amide bonds. The Kier molecular flexibility index (Phi) is 8.37. The van der Waals surface area contributed by atoms with Crippen LogP contribution in [0.5, 0.6) is 0 Å². The summed E-state index contributed by atoms with van der Waals surface area (Å²) >= 11 is 1.86. The summed E-state index contributed by atoms with van der Waals surface area (Å²) in [5.41, 5.74) is 0. The molecule has 1 rings (SSSR count). The number of rotatable bonds is 9. The van der Waals surface area contributed by atoms with Gasteiger partial charge in [-0.3, -0.25) is 0 Å². The van der Waals surface area contributed by atoms with Crippen LogP contribution in [0.25, 0.3) is 0 Å². The van der Waals surface area contributed by atoms with Crippen LogP contribution >= 0.6 is 11.8 Å². The summed E-state index contributed by atoms with van der Waals surface area (Å²) in [7, 11) is -3.09. The summed E-state index contributed by atoms with van der Waals surface area (Å²) in [6, 6.07) is 0.157. The highest BCUT2D eigenvalue weighted by molar-refractivity contribution is 7.99. The quantitative estimate of drug-likeness (QED) is 0.639. The van der Waals surface area contributed by atoms with Crippen LogP contribution in [0.4, 0.5) is 0 Å². The molecule has 1 saturated carbocycles. The Balaban J connectivity index is 2.25. The van der Waals surface area contributed by atoms with Crippen molar-refractivity contribution in [1.29, 1.82) is 0 Å². The molecule has 0 aromatic rings. The Morgan fingerprint density at radius 3 is 2.74 bits per heavy atom. The fourth-order valence-corrected chi connectivity index (χ4v) is 4.75. The lowest BCUT2D eigenvalue weighted by Crippen LogP contribution is -2.40. The van der Waals surface area contributed by atoms with E-state index in [2.05, 4.69) is 23.2 Å². The van der Waals surface area contributed by atoms with Crippen LogP contribution < -0.4 is 10.0 Å². The average molecular weight is 309 g/mol. The molecule has 1 aliphatic carbocycles. The van der Waals surface area contributed by atoms with Crippen molar-refractivity contribution in [3.63, 3.8) is 0 Å². The largest absolute Gasteiger partial charge is 0.317 e. The van der Waals surface area contributed by atoms with E-state index >= 15 is 0 Å². The highest BCUT2D eigenvalue weighted by Crippen LogP contribution is 2.27. The summed E-state index contributed by atoms with van der Waals surface area (Å²) in [6.07, 6.45) is 8.11. The zero-order chi connectivity index (χ0) is 14.1. The summed E-state index contributed by atoms with van der Waals surface area (Å²) < 4.78 is 26.9. The summed E-state index contributed by atoms with van der Waals surface area (Å²) in [4.78, 5) is 0. The van der Waals surface area contributed by atoms with Crippen LogP contribution in [0.2, 0.25) is 0 Å². The van der Waals surface area contributed by atoms with Crippen molar-refractivity contribution in [2.24, 2.45) is 0 Å². The zero-order valence-electron chi connectivity index (χ0n) is 12.2. The van der Waals surface area contributed by atoms with Crippen molar-refractivity contribution in [3.8, 4) is 0 Å². The summed E-state index contributed by atoms with van der Waals surface area (Å²) in [6.45, 7) is 3.91. The van der Waals surface area contributed by atoms with Gasteiger partial charge in [-0.15, -0.1) is 0 Å². The second-order valence-electron chi connectivity index (χ2n) is 5.22. The van der Waals surface area contributed by atoms with Gasteiger partial charge in [-0.25, -0.2) is 13.1 Å². The van der Waals surface area contributed by atoms with Crippen LogP contribution in [-0.4, -0.2) is 44.8 Å². The van der Waals surface area contributed by atoms with E-state index in [0.717, 1.165) is 45.2 Å². The summed E-state index contributed by atoms with van der Waals surface area (Å²) in [5, 5.41) is 3.83. The van der Waals surface area contributed by atoms with Crippen molar-refractivity contribution >= 4 is 21.8 Å². The van der Waals surface area contributed by atoms with Crippen molar-refractivity contribution in [2.45, 2.75) is 56.7 Å². The highest BCUT2D eigenvalue weighted by atomic mass is 32.2. The molecule has 0 spiro atoms. The maximum absolute atomic E-state index is 12.0. The number of unbranched alkanes of at least 4 members (excludes halogenated alkanes) is 1. The molecular formula is C13H28N2O2S2. The first-order chi connectivity index (χ1) is 9.07. The van der Waals surface area contributed by atoms with Gasteiger partial charge in [-0.1, -0.05) is 13.3 Å². The molecular weight excluding hydrogens is 280 g/mol.